The van der Waals surface area contributed by atoms with Crippen LogP contribution in [-0.4, -0.2) is 45.6 Å². The highest BCUT2D eigenvalue weighted by Crippen LogP contribution is 2.23. The normalized spacial score (nSPS) is 14.7. The lowest BCUT2D eigenvalue weighted by atomic mass is 9.99. The zero-order chi connectivity index (χ0) is 21.1. The Bertz CT molecular complexity index is 1050. The van der Waals surface area contributed by atoms with Gasteiger partial charge in [0.25, 0.3) is 0 Å². The molecule has 1 aliphatic heterocycles. The average molecular weight is 410 g/mol. The Morgan fingerprint density at radius 1 is 1.30 bits per heavy atom. The van der Waals surface area contributed by atoms with Gasteiger partial charge >= 0.3 is 0 Å². The maximum absolute atomic E-state index is 13.5. The molecule has 0 radical (unpaired) electrons. The third-order valence-corrected chi connectivity index (χ3v) is 5.69. The Hall–Kier alpha value is -2.80. The van der Waals surface area contributed by atoms with Gasteiger partial charge in [0.1, 0.15) is 17.2 Å². The van der Waals surface area contributed by atoms with Gasteiger partial charge in [-0.05, 0) is 55.2 Å². The van der Waals surface area contributed by atoms with Crippen LogP contribution in [0.5, 0.6) is 0 Å². The summed E-state index contributed by atoms with van der Waals surface area (Å²) in [6.45, 7) is 3.82. The Morgan fingerprint density at radius 3 is 3.00 bits per heavy atom. The summed E-state index contributed by atoms with van der Waals surface area (Å²) >= 11 is 0. The highest BCUT2D eigenvalue weighted by molar-refractivity contribution is 5.76. The number of carbonyl (C=O) groups excluding carboxylic acids is 1. The van der Waals surface area contributed by atoms with Gasteiger partial charge in [0.15, 0.2) is 5.65 Å². The van der Waals surface area contributed by atoms with Crippen molar-refractivity contribution in [2.24, 2.45) is 0 Å². The molecular weight excluding hydrogens is 383 g/mol. The first kappa shape index (κ1) is 20.5. The molecule has 30 heavy (non-hydrogen) atoms. The van der Waals surface area contributed by atoms with Crippen molar-refractivity contribution < 1.29 is 13.9 Å². The van der Waals surface area contributed by atoms with E-state index < -0.39 is 0 Å². The first-order chi connectivity index (χ1) is 14.6. The van der Waals surface area contributed by atoms with E-state index in [1.165, 1.54) is 6.07 Å². The Labute approximate surface area is 175 Å². The van der Waals surface area contributed by atoms with Crippen molar-refractivity contribution in [3.63, 3.8) is 0 Å². The van der Waals surface area contributed by atoms with Gasteiger partial charge in [-0.25, -0.2) is 14.4 Å². The number of aryl methyl sites for hydroxylation is 1. The van der Waals surface area contributed by atoms with Gasteiger partial charge < -0.3 is 14.2 Å². The van der Waals surface area contributed by atoms with Crippen LogP contribution in [0.1, 0.15) is 42.8 Å². The number of benzene rings is 1. The summed E-state index contributed by atoms with van der Waals surface area (Å²) in [5, 5.41) is 0. The minimum atomic E-state index is -0.249. The van der Waals surface area contributed by atoms with E-state index in [0.717, 1.165) is 34.5 Å². The standard InChI is InChI=1S/C23H27FN4O2/c1-16(15-30-2)28-21(26-20-5-4-11-25-23(20)28)6-3-7-22(29)27-12-10-17-8-9-19(24)13-18(17)14-27/h4-5,8-9,11,13,16H,3,6-7,10,12,14-15H2,1-2H3/t16-/m1/s1. The molecule has 3 aromatic rings. The first-order valence-electron chi connectivity index (χ1n) is 10.4. The van der Waals surface area contributed by atoms with Gasteiger partial charge in [-0.1, -0.05) is 6.07 Å². The number of fused-ring (bicyclic) bond motifs is 2. The van der Waals surface area contributed by atoms with Crippen molar-refractivity contribution in [2.45, 2.75) is 45.2 Å². The number of ether oxygens (including phenoxy) is 1. The van der Waals surface area contributed by atoms with E-state index in [9.17, 15) is 9.18 Å². The molecule has 6 nitrogen and oxygen atoms in total. The quantitative estimate of drug-likeness (QED) is 0.596. The Balaban J connectivity index is 1.41. The SMILES string of the molecule is COC[C@@H](C)n1c(CCCC(=O)N2CCc3ccc(F)cc3C2)nc2cccnc21. The van der Waals surface area contributed by atoms with E-state index in [2.05, 4.69) is 16.5 Å². The van der Waals surface area contributed by atoms with Crippen molar-refractivity contribution in [2.75, 3.05) is 20.3 Å². The molecule has 3 heterocycles. The van der Waals surface area contributed by atoms with E-state index >= 15 is 0 Å². The summed E-state index contributed by atoms with van der Waals surface area (Å²) in [6.07, 6.45) is 4.38. The number of hydrogen-bond acceptors (Lipinski definition) is 4. The molecule has 0 saturated carbocycles. The van der Waals surface area contributed by atoms with Crippen LogP contribution in [0.2, 0.25) is 0 Å². The van der Waals surface area contributed by atoms with Gasteiger partial charge in [-0.2, -0.15) is 0 Å². The largest absolute Gasteiger partial charge is 0.383 e. The minimum absolute atomic E-state index is 0.106. The maximum atomic E-state index is 13.5. The lowest BCUT2D eigenvalue weighted by molar-refractivity contribution is -0.132. The zero-order valence-electron chi connectivity index (χ0n) is 17.5. The number of pyridine rings is 1. The molecule has 0 saturated heterocycles. The van der Waals surface area contributed by atoms with Crippen LogP contribution in [-0.2, 0) is 28.9 Å². The molecule has 0 spiro atoms. The molecule has 2 aromatic heterocycles. The molecule has 0 unspecified atom stereocenters. The van der Waals surface area contributed by atoms with Gasteiger partial charge in [0.05, 0.1) is 12.6 Å². The molecule has 0 fully saturated rings. The number of rotatable bonds is 7. The molecule has 0 aliphatic carbocycles. The van der Waals surface area contributed by atoms with Gasteiger partial charge in [-0.15, -0.1) is 0 Å². The summed E-state index contributed by atoms with van der Waals surface area (Å²) in [4.78, 5) is 23.8. The van der Waals surface area contributed by atoms with Crippen LogP contribution in [0.15, 0.2) is 36.5 Å². The molecule has 7 heteroatoms. The van der Waals surface area contributed by atoms with E-state index in [0.29, 0.717) is 39.0 Å². The van der Waals surface area contributed by atoms with Gasteiger partial charge in [0, 0.05) is 39.2 Å². The number of aromatic nitrogens is 3. The molecule has 1 aliphatic rings. The number of amides is 1. The third kappa shape index (κ3) is 4.21. The Kier molecular flexibility index (Phi) is 6.08. The van der Waals surface area contributed by atoms with Crippen molar-refractivity contribution in [1.29, 1.82) is 0 Å². The van der Waals surface area contributed by atoms with Crippen LogP contribution in [0, 0.1) is 5.82 Å². The molecule has 1 atom stereocenters. The van der Waals surface area contributed by atoms with Gasteiger partial charge in [-0.3, -0.25) is 4.79 Å². The maximum Gasteiger partial charge on any atom is 0.222 e. The summed E-state index contributed by atoms with van der Waals surface area (Å²) < 4.78 is 21.0. The second kappa shape index (κ2) is 8.92. The Morgan fingerprint density at radius 2 is 2.17 bits per heavy atom. The smallest absolute Gasteiger partial charge is 0.222 e. The second-order valence-corrected chi connectivity index (χ2v) is 7.88. The van der Waals surface area contributed by atoms with Crippen LogP contribution in [0.3, 0.4) is 0 Å². The van der Waals surface area contributed by atoms with Crippen LogP contribution in [0.25, 0.3) is 11.2 Å². The second-order valence-electron chi connectivity index (χ2n) is 7.88. The number of halogens is 1. The van der Waals surface area contributed by atoms with Crippen molar-refractivity contribution in [1.82, 2.24) is 19.4 Å². The van der Waals surface area contributed by atoms with Crippen LogP contribution < -0.4 is 0 Å². The zero-order valence-corrected chi connectivity index (χ0v) is 17.5. The number of hydrogen-bond donors (Lipinski definition) is 0. The average Bonchev–Trinajstić information content (AvgIpc) is 3.11. The predicted octanol–water partition coefficient (Wildman–Crippen LogP) is 3.69. The van der Waals surface area contributed by atoms with Crippen LogP contribution >= 0.6 is 0 Å². The third-order valence-electron chi connectivity index (χ3n) is 5.69. The molecular formula is C23H27FN4O2. The number of carbonyl (C=O) groups is 1. The number of methoxy groups -OCH3 is 1. The monoisotopic (exact) mass is 410 g/mol. The molecule has 1 amide bonds. The van der Waals surface area contributed by atoms with E-state index in [1.807, 2.05) is 23.1 Å². The summed E-state index contributed by atoms with van der Waals surface area (Å²) in [6, 6.07) is 8.80. The summed E-state index contributed by atoms with van der Waals surface area (Å²) in [5.41, 5.74) is 3.75. The molecule has 158 valence electrons. The summed E-state index contributed by atoms with van der Waals surface area (Å²) in [7, 11) is 1.68. The van der Waals surface area contributed by atoms with E-state index in [1.54, 1.807) is 19.4 Å². The fourth-order valence-electron chi connectivity index (χ4n) is 4.23. The minimum Gasteiger partial charge on any atom is -0.383 e. The van der Waals surface area contributed by atoms with Crippen LogP contribution in [0.4, 0.5) is 4.39 Å². The van der Waals surface area contributed by atoms with E-state index in [4.69, 9.17) is 9.72 Å². The molecule has 1 aromatic carbocycles. The van der Waals surface area contributed by atoms with E-state index in [-0.39, 0.29) is 17.8 Å². The molecule has 0 N–H and O–H groups in total. The topological polar surface area (TPSA) is 60.2 Å². The van der Waals surface area contributed by atoms with Crippen molar-refractivity contribution in [3.05, 3.63) is 59.3 Å². The van der Waals surface area contributed by atoms with Crippen molar-refractivity contribution in [3.8, 4) is 0 Å². The summed E-state index contributed by atoms with van der Waals surface area (Å²) in [5.74, 6) is 0.781. The van der Waals surface area contributed by atoms with Crippen molar-refractivity contribution >= 4 is 17.1 Å². The fraction of sp³-hybridized carbons (Fsp3) is 0.435. The highest BCUT2D eigenvalue weighted by atomic mass is 19.1. The highest BCUT2D eigenvalue weighted by Gasteiger charge is 2.22. The number of nitrogens with zero attached hydrogens (tertiary/aromatic N) is 4. The first-order valence-corrected chi connectivity index (χ1v) is 10.4. The fourth-order valence-corrected chi connectivity index (χ4v) is 4.23. The molecule has 0 bridgehead atoms. The predicted molar refractivity (Wildman–Crippen MR) is 113 cm³/mol. The van der Waals surface area contributed by atoms with Gasteiger partial charge in [0.2, 0.25) is 5.91 Å². The number of imidazole rings is 1. The molecule has 4 rings (SSSR count). The lowest BCUT2D eigenvalue weighted by Crippen LogP contribution is -2.35. The lowest BCUT2D eigenvalue weighted by Gasteiger charge is -2.29.